The zero-order chi connectivity index (χ0) is 20.1. The summed E-state index contributed by atoms with van der Waals surface area (Å²) in [4.78, 5) is 26.1. The van der Waals surface area contributed by atoms with E-state index in [0.717, 1.165) is 5.56 Å². The molecule has 0 spiro atoms. The number of alkyl carbamates (subject to hydrolysis) is 1. The van der Waals surface area contributed by atoms with Crippen molar-refractivity contribution in [1.82, 2.24) is 10.2 Å². The van der Waals surface area contributed by atoms with Gasteiger partial charge in [0.15, 0.2) is 0 Å². The number of ketones is 1. The number of carbonyl (C=O) groups is 2. The maximum absolute atomic E-state index is 12.4. The summed E-state index contributed by atoms with van der Waals surface area (Å²) in [5.41, 5.74) is 0.0324. The summed E-state index contributed by atoms with van der Waals surface area (Å²) in [6.07, 6.45) is 0.980. The van der Waals surface area contributed by atoms with Gasteiger partial charge in [-0.05, 0) is 40.2 Å². The monoisotopic (exact) mass is 357 g/mol. The van der Waals surface area contributed by atoms with E-state index < -0.39 is 17.2 Å². The minimum Gasteiger partial charge on any atom is -0.444 e. The molecule has 0 heterocycles. The van der Waals surface area contributed by atoms with Crippen molar-refractivity contribution in [3.05, 3.63) is 47.2 Å². The van der Waals surface area contributed by atoms with Gasteiger partial charge in [-0.2, -0.15) is 5.26 Å². The van der Waals surface area contributed by atoms with Gasteiger partial charge in [-0.25, -0.2) is 4.79 Å². The second-order valence-corrected chi connectivity index (χ2v) is 7.78. The molecule has 26 heavy (non-hydrogen) atoms. The zero-order valence-corrected chi connectivity index (χ0v) is 16.5. The quantitative estimate of drug-likeness (QED) is 0.495. The summed E-state index contributed by atoms with van der Waals surface area (Å²) in [6, 6.07) is 8.74. The third-order valence-electron chi connectivity index (χ3n) is 3.43. The Morgan fingerprint density at radius 2 is 1.65 bits per heavy atom. The van der Waals surface area contributed by atoms with Gasteiger partial charge < -0.3 is 15.0 Å². The number of nitrogens with one attached hydrogen (secondary N) is 1. The smallest absolute Gasteiger partial charge is 0.408 e. The van der Waals surface area contributed by atoms with Gasteiger partial charge in [0.2, 0.25) is 5.78 Å². The van der Waals surface area contributed by atoms with E-state index in [-0.39, 0.29) is 11.4 Å². The van der Waals surface area contributed by atoms with Gasteiger partial charge in [-0.15, -0.1) is 0 Å². The molecule has 0 bridgehead atoms. The Balaban J connectivity index is 2.97. The largest absolute Gasteiger partial charge is 0.444 e. The molecule has 0 atom stereocenters. The molecule has 6 heteroatoms. The second-order valence-electron chi connectivity index (χ2n) is 7.78. The van der Waals surface area contributed by atoms with E-state index in [0.29, 0.717) is 5.56 Å². The number of allylic oxidation sites excluding steroid dienone is 1. The van der Waals surface area contributed by atoms with E-state index in [9.17, 15) is 9.59 Å². The first kappa shape index (κ1) is 21.2. The van der Waals surface area contributed by atoms with Gasteiger partial charge >= 0.3 is 6.09 Å². The highest BCUT2D eigenvalue weighted by atomic mass is 16.6. The van der Waals surface area contributed by atoms with E-state index >= 15 is 0 Å². The molecular formula is C20H27N3O3. The second kappa shape index (κ2) is 8.05. The van der Waals surface area contributed by atoms with Crippen LogP contribution in [0.3, 0.4) is 0 Å². The first-order valence-electron chi connectivity index (χ1n) is 8.30. The molecule has 0 fully saturated rings. The first-order valence-corrected chi connectivity index (χ1v) is 8.30. The Labute approximate surface area is 155 Å². The van der Waals surface area contributed by atoms with Crippen LogP contribution >= 0.6 is 0 Å². The van der Waals surface area contributed by atoms with E-state index in [1.807, 2.05) is 19.9 Å². The van der Waals surface area contributed by atoms with Crippen LogP contribution in [0.15, 0.2) is 36.0 Å². The van der Waals surface area contributed by atoms with Crippen molar-refractivity contribution in [2.24, 2.45) is 0 Å². The Hall–Kier alpha value is -2.81. The molecule has 1 aromatic rings. The molecule has 0 unspecified atom stereocenters. The SMILES string of the molecule is CN(C)C=C(C#N)C(=O)c1ccc(C(C)(C)NC(=O)OC(C)(C)C)cc1. The molecule has 0 saturated heterocycles. The molecule has 0 radical (unpaired) electrons. The molecule has 1 N–H and O–H groups in total. The van der Waals surface area contributed by atoms with Gasteiger partial charge in [0.1, 0.15) is 17.2 Å². The average molecular weight is 357 g/mol. The fraction of sp³-hybridized carbons (Fsp3) is 0.450. The fourth-order valence-corrected chi connectivity index (χ4v) is 2.22. The Bertz CT molecular complexity index is 733. The van der Waals surface area contributed by atoms with Gasteiger partial charge in [-0.3, -0.25) is 4.79 Å². The summed E-state index contributed by atoms with van der Waals surface area (Å²) in [7, 11) is 3.50. The Morgan fingerprint density at radius 3 is 2.08 bits per heavy atom. The summed E-state index contributed by atoms with van der Waals surface area (Å²) >= 11 is 0. The van der Waals surface area contributed by atoms with Crippen LogP contribution in [0.5, 0.6) is 0 Å². The topological polar surface area (TPSA) is 82.4 Å². The van der Waals surface area contributed by atoms with Crippen LogP contribution in [-0.2, 0) is 10.3 Å². The van der Waals surface area contributed by atoms with Gasteiger partial charge in [0, 0.05) is 25.9 Å². The summed E-state index contributed by atoms with van der Waals surface area (Å²) < 4.78 is 5.29. The standard InChI is InChI=1S/C20H27N3O3/c1-19(2,3)26-18(25)22-20(4,5)16-10-8-14(9-11-16)17(24)15(12-21)13-23(6)7/h8-11,13H,1-7H3,(H,22,25). The average Bonchev–Trinajstić information content (AvgIpc) is 2.49. The molecule has 1 rings (SSSR count). The van der Waals surface area contributed by atoms with E-state index in [1.54, 1.807) is 64.0 Å². The van der Waals surface area contributed by atoms with Crippen LogP contribution in [0, 0.1) is 11.3 Å². The molecule has 1 aromatic carbocycles. The van der Waals surface area contributed by atoms with E-state index in [2.05, 4.69) is 5.32 Å². The Kier molecular flexibility index (Phi) is 6.57. The molecule has 0 aliphatic carbocycles. The first-order chi connectivity index (χ1) is 11.9. The van der Waals surface area contributed by atoms with Crippen LogP contribution in [0.2, 0.25) is 0 Å². The zero-order valence-electron chi connectivity index (χ0n) is 16.5. The number of ether oxygens (including phenoxy) is 1. The summed E-state index contributed by atoms with van der Waals surface area (Å²) in [5.74, 6) is -0.342. The number of amides is 1. The number of nitriles is 1. The summed E-state index contributed by atoms with van der Waals surface area (Å²) in [6.45, 7) is 9.09. The predicted molar refractivity (Wildman–Crippen MR) is 101 cm³/mol. The highest BCUT2D eigenvalue weighted by Crippen LogP contribution is 2.22. The number of Topliss-reactive ketones (excluding diaryl/α,β-unsaturated/α-hetero) is 1. The van der Waals surface area contributed by atoms with Crippen molar-refractivity contribution in [3.8, 4) is 6.07 Å². The molecule has 0 aliphatic heterocycles. The van der Waals surface area contributed by atoms with Crippen LogP contribution in [0.4, 0.5) is 4.79 Å². The normalized spacial score (nSPS) is 12.2. The lowest BCUT2D eigenvalue weighted by Crippen LogP contribution is -2.43. The number of hydrogen-bond acceptors (Lipinski definition) is 5. The predicted octanol–water partition coefficient (Wildman–Crippen LogP) is 3.60. The molecule has 0 aromatic heterocycles. The number of hydrogen-bond donors (Lipinski definition) is 1. The van der Waals surface area contributed by atoms with Crippen molar-refractivity contribution >= 4 is 11.9 Å². The van der Waals surface area contributed by atoms with Crippen LogP contribution in [0.1, 0.15) is 50.5 Å². The van der Waals surface area contributed by atoms with E-state index in [1.165, 1.54) is 6.20 Å². The summed E-state index contributed by atoms with van der Waals surface area (Å²) in [5, 5.41) is 12.0. The molecular weight excluding hydrogens is 330 g/mol. The molecule has 6 nitrogen and oxygen atoms in total. The maximum atomic E-state index is 12.4. The minimum absolute atomic E-state index is 0.0638. The third kappa shape index (κ3) is 6.25. The van der Waals surface area contributed by atoms with Crippen molar-refractivity contribution in [3.63, 3.8) is 0 Å². The third-order valence-corrected chi connectivity index (χ3v) is 3.43. The highest BCUT2D eigenvalue weighted by Gasteiger charge is 2.26. The maximum Gasteiger partial charge on any atom is 0.408 e. The van der Waals surface area contributed by atoms with Crippen LogP contribution in [0.25, 0.3) is 0 Å². The Morgan fingerprint density at radius 1 is 1.12 bits per heavy atom. The fourth-order valence-electron chi connectivity index (χ4n) is 2.22. The molecule has 140 valence electrons. The van der Waals surface area contributed by atoms with Crippen LogP contribution < -0.4 is 5.32 Å². The van der Waals surface area contributed by atoms with Gasteiger partial charge in [0.05, 0.1) is 5.54 Å². The molecule has 0 saturated carbocycles. The van der Waals surface area contributed by atoms with Crippen molar-refractivity contribution in [2.75, 3.05) is 14.1 Å². The van der Waals surface area contributed by atoms with Crippen molar-refractivity contribution in [1.29, 1.82) is 5.26 Å². The number of carbonyl (C=O) groups excluding carboxylic acids is 2. The lowest BCUT2D eigenvalue weighted by molar-refractivity contribution is 0.0470. The van der Waals surface area contributed by atoms with Crippen molar-refractivity contribution < 1.29 is 14.3 Å². The van der Waals surface area contributed by atoms with Gasteiger partial charge in [0.25, 0.3) is 0 Å². The number of rotatable bonds is 5. The lowest BCUT2D eigenvalue weighted by Gasteiger charge is -2.29. The highest BCUT2D eigenvalue weighted by molar-refractivity contribution is 6.11. The molecule has 1 amide bonds. The molecule has 0 aliphatic rings. The minimum atomic E-state index is -0.679. The number of benzene rings is 1. The van der Waals surface area contributed by atoms with Crippen LogP contribution in [-0.4, -0.2) is 36.5 Å². The van der Waals surface area contributed by atoms with Gasteiger partial charge in [-0.1, -0.05) is 24.3 Å². The van der Waals surface area contributed by atoms with E-state index in [4.69, 9.17) is 10.00 Å². The van der Waals surface area contributed by atoms with Crippen molar-refractivity contribution in [2.45, 2.75) is 45.8 Å². The number of nitrogens with zero attached hydrogens (tertiary/aromatic N) is 2. The lowest BCUT2D eigenvalue weighted by atomic mass is 9.92.